The van der Waals surface area contributed by atoms with Gasteiger partial charge >= 0.3 is 0 Å². The summed E-state index contributed by atoms with van der Waals surface area (Å²) in [6, 6.07) is 10.9. The van der Waals surface area contributed by atoms with E-state index in [1.807, 2.05) is 31.2 Å². The van der Waals surface area contributed by atoms with Gasteiger partial charge in [0.15, 0.2) is 12.0 Å². The van der Waals surface area contributed by atoms with Gasteiger partial charge in [0.1, 0.15) is 11.4 Å². The van der Waals surface area contributed by atoms with Crippen LogP contribution >= 0.6 is 11.6 Å². The monoisotopic (exact) mass is 300 g/mol. The Labute approximate surface area is 126 Å². The zero-order valence-corrected chi connectivity index (χ0v) is 12.2. The van der Waals surface area contributed by atoms with Gasteiger partial charge in [0, 0.05) is 11.2 Å². The number of aryl methyl sites for hydroxylation is 1. The Bertz CT molecular complexity index is 811. The Morgan fingerprint density at radius 2 is 2.19 bits per heavy atom. The summed E-state index contributed by atoms with van der Waals surface area (Å²) in [6.45, 7) is 2.02. The minimum Gasteiger partial charge on any atom is -0.437 e. The molecule has 0 N–H and O–H groups in total. The summed E-state index contributed by atoms with van der Waals surface area (Å²) in [4.78, 5) is 15.6. The standard InChI is InChI=1S/C16H13ClN2O2/c1-2-11-9-12(6-7-13(11)17)21-16-14(10-20)19-8-4-3-5-15(19)18-16/h3-10H,2H2,1H3. The fourth-order valence-corrected chi connectivity index (χ4v) is 2.42. The Morgan fingerprint density at radius 3 is 2.95 bits per heavy atom. The van der Waals surface area contributed by atoms with Crippen molar-refractivity contribution in [2.75, 3.05) is 0 Å². The first-order chi connectivity index (χ1) is 10.2. The number of carbonyl (C=O) groups excluding carboxylic acids is 1. The number of pyridine rings is 1. The van der Waals surface area contributed by atoms with Gasteiger partial charge in [-0.15, -0.1) is 0 Å². The molecule has 3 rings (SSSR count). The fourth-order valence-electron chi connectivity index (χ4n) is 2.17. The molecular formula is C16H13ClN2O2. The van der Waals surface area contributed by atoms with Crippen molar-refractivity contribution in [3.05, 3.63) is 58.9 Å². The highest BCUT2D eigenvalue weighted by atomic mass is 35.5. The molecule has 0 fully saturated rings. The maximum Gasteiger partial charge on any atom is 0.249 e. The van der Waals surface area contributed by atoms with E-state index in [1.165, 1.54) is 0 Å². The third-order valence-electron chi connectivity index (χ3n) is 3.26. The van der Waals surface area contributed by atoms with Gasteiger partial charge in [-0.05, 0) is 42.3 Å². The maximum absolute atomic E-state index is 11.3. The van der Waals surface area contributed by atoms with Gasteiger partial charge in [0.2, 0.25) is 5.88 Å². The second kappa shape index (κ2) is 5.58. The molecule has 4 nitrogen and oxygen atoms in total. The molecule has 106 valence electrons. The fraction of sp³-hybridized carbons (Fsp3) is 0.125. The third-order valence-corrected chi connectivity index (χ3v) is 3.63. The van der Waals surface area contributed by atoms with E-state index in [4.69, 9.17) is 16.3 Å². The quantitative estimate of drug-likeness (QED) is 0.680. The van der Waals surface area contributed by atoms with E-state index in [-0.39, 0.29) is 0 Å². The minimum atomic E-state index is 0.292. The molecule has 1 aromatic carbocycles. The topological polar surface area (TPSA) is 43.6 Å². The molecule has 0 atom stereocenters. The summed E-state index contributed by atoms with van der Waals surface area (Å²) in [6.07, 6.45) is 3.33. The lowest BCUT2D eigenvalue weighted by Gasteiger charge is -2.06. The van der Waals surface area contributed by atoms with Gasteiger partial charge in [-0.1, -0.05) is 24.6 Å². The molecule has 0 spiro atoms. The maximum atomic E-state index is 11.3. The van der Waals surface area contributed by atoms with Crippen molar-refractivity contribution in [3.63, 3.8) is 0 Å². The van der Waals surface area contributed by atoms with Crippen LogP contribution in [0.3, 0.4) is 0 Å². The Kier molecular flexibility index (Phi) is 3.62. The SMILES string of the molecule is CCc1cc(Oc2nc3ccccn3c2C=O)ccc1Cl. The van der Waals surface area contributed by atoms with Crippen molar-refractivity contribution in [3.8, 4) is 11.6 Å². The van der Waals surface area contributed by atoms with Crippen molar-refractivity contribution in [1.29, 1.82) is 0 Å². The third kappa shape index (κ3) is 2.50. The molecule has 0 aliphatic heterocycles. The molecule has 2 heterocycles. The van der Waals surface area contributed by atoms with Crippen LogP contribution < -0.4 is 4.74 Å². The summed E-state index contributed by atoms with van der Waals surface area (Å²) >= 11 is 6.09. The van der Waals surface area contributed by atoms with Crippen LogP contribution in [0, 0.1) is 0 Å². The van der Waals surface area contributed by atoms with Gasteiger partial charge in [-0.25, -0.2) is 0 Å². The second-order valence-corrected chi connectivity index (χ2v) is 4.96. The second-order valence-electron chi connectivity index (χ2n) is 4.56. The van der Waals surface area contributed by atoms with Crippen molar-refractivity contribution < 1.29 is 9.53 Å². The van der Waals surface area contributed by atoms with Crippen LogP contribution in [-0.2, 0) is 6.42 Å². The normalized spacial score (nSPS) is 10.8. The van der Waals surface area contributed by atoms with Crippen molar-refractivity contribution in [1.82, 2.24) is 9.38 Å². The predicted octanol–water partition coefficient (Wildman–Crippen LogP) is 4.15. The Hall–Kier alpha value is -2.33. The number of ether oxygens (including phenoxy) is 1. The highest BCUT2D eigenvalue weighted by Crippen LogP contribution is 2.28. The van der Waals surface area contributed by atoms with Crippen molar-refractivity contribution >= 4 is 23.5 Å². The first-order valence-corrected chi connectivity index (χ1v) is 6.99. The van der Waals surface area contributed by atoms with Gasteiger partial charge in [0.05, 0.1) is 0 Å². The lowest BCUT2D eigenvalue weighted by atomic mass is 10.1. The van der Waals surface area contributed by atoms with Crippen LogP contribution in [0.2, 0.25) is 5.02 Å². The number of carbonyl (C=O) groups is 1. The molecule has 0 amide bonds. The van der Waals surface area contributed by atoms with Gasteiger partial charge in [-0.3, -0.25) is 9.20 Å². The molecule has 0 bridgehead atoms. The average molecular weight is 301 g/mol. The number of aromatic nitrogens is 2. The smallest absolute Gasteiger partial charge is 0.249 e. The van der Waals surface area contributed by atoms with Gasteiger partial charge in [0.25, 0.3) is 0 Å². The molecule has 0 unspecified atom stereocenters. The Balaban J connectivity index is 2.03. The molecule has 0 aliphatic carbocycles. The number of benzene rings is 1. The minimum absolute atomic E-state index is 0.292. The number of hydrogen-bond donors (Lipinski definition) is 0. The molecule has 3 aromatic rings. The molecule has 0 radical (unpaired) electrons. The van der Waals surface area contributed by atoms with Crippen molar-refractivity contribution in [2.45, 2.75) is 13.3 Å². The van der Waals surface area contributed by atoms with Crippen LogP contribution in [0.5, 0.6) is 11.6 Å². The summed E-state index contributed by atoms with van der Waals surface area (Å²) < 4.78 is 7.45. The molecule has 0 saturated carbocycles. The van der Waals surface area contributed by atoms with Gasteiger partial charge in [-0.2, -0.15) is 4.98 Å². The van der Waals surface area contributed by atoms with E-state index in [9.17, 15) is 4.79 Å². The summed E-state index contributed by atoms with van der Waals surface area (Å²) in [5.41, 5.74) is 2.04. The molecule has 2 aromatic heterocycles. The molecular weight excluding hydrogens is 288 g/mol. The Morgan fingerprint density at radius 1 is 1.33 bits per heavy atom. The molecule has 0 saturated heterocycles. The number of rotatable bonds is 4. The van der Waals surface area contributed by atoms with E-state index in [2.05, 4.69) is 4.98 Å². The lowest BCUT2D eigenvalue weighted by molar-refractivity contribution is 0.111. The highest BCUT2D eigenvalue weighted by Gasteiger charge is 2.13. The number of aldehydes is 1. The largest absolute Gasteiger partial charge is 0.437 e. The van der Waals surface area contributed by atoms with Crippen molar-refractivity contribution in [2.24, 2.45) is 0 Å². The van der Waals surface area contributed by atoms with E-state index >= 15 is 0 Å². The van der Waals surface area contributed by atoms with E-state index < -0.39 is 0 Å². The van der Waals surface area contributed by atoms with E-state index in [0.717, 1.165) is 18.3 Å². The number of fused-ring (bicyclic) bond motifs is 1. The lowest BCUT2D eigenvalue weighted by Crippen LogP contribution is -1.93. The van der Waals surface area contributed by atoms with E-state index in [0.29, 0.717) is 28.0 Å². The number of nitrogens with zero attached hydrogens (tertiary/aromatic N) is 2. The van der Waals surface area contributed by atoms with Crippen LogP contribution in [0.4, 0.5) is 0 Å². The van der Waals surface area contributed by atoms with E-state index in [1.54, 1.807) is 22.7 Å². The van der Waals surface area contributed by atoms with Crippen LogP contribution in [0.15, 0.2) is 42.6 Å². The zero-order valence-electron chi connectivity index (χ0n) is 11.4. The van der Waals surface area contributed by atoms with Crippen LogP contribution in [0.25, 0.3) is 5.65 Å². The highest BCUT2D eigenvalue weighted by molar-refractivity contribution is 6.31. The van der Waals surface area contributed by atoms with Crippen LogP contribution in [-0.4, -0.2) is 15.7 Å². The van der Waals surface area contributed by atoms with Crippen LogP contribution in [0.1, 0.15) is 23.0 Å². The number of imidazole rings is 1. The summed E-state index contributed by atoms with van der Waals surface area (Å²) in [5.74, 6) is 0.906. The summed E-state index contributed by atoms with van der Waals surface area (Å²) in [7, 11) is 0. The first-order valence-electron chi connectivity index (χ1n) is 6.61. The molecule has 21 heavy (non-hydrogen) atoms. The molecule has 0 aliphatic rings. The average Bonchev–Trinajstić information content (AvgIpc) is 2.86. The predicted molar refractivity (Wildman–Crippen MR) is 81.5 cm³/mol. The van der Waals surface area contributed by atoms with Gasteiger partial charge < -0.3 is 4.74 Å². The molecule has 5 heteroatoms. The number of halogens is 1. The first kappa shape index (κ1) is 13.6. The zero-order chi connectivity index (χ0) is 14.8. The summed E-state index contributed by atoms with van der Waals surface area (Å²) in [5, 5.41) is 0.704. The number of hydrogen-bond acceptors (Lipinski definition) is 3.